The number of likely N-dealkylation sites (tertiary alicyclic amines) is 2. The van der Waals surface area contributed by atoms with E-state index in [9.17, 15) is 5.11 Å². The Kier molecular flexibility index (Phi) is 10.3. The molecule has 0 bridgehead atoms. The highest BCUT2D eigenvalue weighted by Gasteiger charge is 2.26. The molecule has 3 rings (SSSR count). The third kappa shape index (κ3) is 7.20. The normalized spacial score (nSPS) is 20.4. The van der Waals surface area contributed by atoms with Gasteiger partial charge in [0.15, 0.2) is 17.5 Å². The molecule has 1 aromatic rings. The summed E-state index contributed by atoms with van der Waals surface area (Å²) < 4.78 is 5.20. The predicted molar refractivity (Wildman–Crippen MR) is 130 cm³/mol. The minimum atomic E-state index is 0. The number of ether oxygens (including phenoxy) is 1. The number of methoxy groups -OCH3 is 1. The Bertz CT molecular complexity index is 650. The van der Waals surface area contributed by atoms with Crippen LogP contribution in [0.4, 0.5) is 0 Å². The molecule has 0 aliphatic carbocycles. The molecule has 1 aromatic carbocycles. The van der Waals surface area contributed by atoms with Gasteiger partial charge in [-0.3, -0.25) is 4.99 Å². The Labute approximate surface area is 192 Å². The molecule has 1 atom stereocenters. The number of phenols is 1. The third-order valence-electron chi connectivity index (χ3n) is 5.79. The SMILES string of the molecule is CCNC(=NCCc1ccc(O)c(OC)c1)N1CCC(CN2CCCCC2)C1.I. The van der Waals surface area contributed by atoms with E-state index in [-0.39, 0.29) is 29.7 Å². The molecule has 2 saturated heterocycles. The van der Waals surface area contributed by atoms with Crippen LogP contribution in [-0.2, 0) is 6.42 Å². The fourth-order valence-electron chi connectivity index (χ4n) is 4.28. The first-order valence-corrected chi connectivity index (χ1v) is 10.8. The Balaban J connectivity index is 0.00000300. The van der Waals surface area contributed by atoms with E-state index >= 15 is 0 Å². The number of aromatic hydroxyl groups is 1. The molecule has 0 radical (unpaired) electrons. The number of phenolic OH excluding ortho intramolecular Hbond substituents is 1. The maximum atomic E-state index is 9.73. The van der Waals surface area contributed by atoms with Gasteiger partial charge in [0.25, 0.3) is 0 Å². The van der Waals surface area contributed by atoms with Gasteiger partial charge in [0.1, 0.15) is 0 Å². The van der Waals surface area contributed by atoms with Gasteiger partial charge < -0.3 is 25.0 Å². The van der Waals surface area contributed by atoms with Crippen molar-refractivity contribution in [2.45, 2.75) is 39.0 Å². The number of hydrogen-bond acceptors (Lipinski definition) is 4. The molecule has 2 heterocycles. The summed E-state index contributed by atoms with van der Waals surface area (Å²) in [5.74, 6) is 2.49. The van der Waals surface area contributed by atoms with Crippen molar-refractivity contribution in [3.8, 4) is 11.5 Å². The number of piperidine rings is 1. The van der Waals surface area contributed by atoms with Crippen molar-refractivity contribution in [3.05, 3.63) is 23.8 Å². The second-order valence-electron chi connectivity index (χ2n) is 7.95. The van der Waals surface area contributed by atoms with Crippen molar-refractivity contribution >= 4 is 29.9 Å². The Morgan fingerprint density at radius 1 is 1.24 bits per heavy atom. The average Bonchev–Trinajstić information content (AvgIpc) is 3.17. The first kappa shape index (κ1) is 24.1. The number of hydrogen-bond donors (Lipinski definition) is 2. The van der Waals surface area contributed by atoms with Crippen LogP contribution in [0.2, 0.25) is 0 Å². The van der Waals surface area contributed by atoms with Gasteiger partial charge in [0.2, 0.25) is 0 Å². The van der Waals surface area contributed by atoms with Gasteiger partial charge in [-0.15, -0.1) is 24.0 Å². The van der Waals surface area contributed by atoms with Crippen LogP contribution in [0.15, 0.2) is 23.2 Å². The van der Waals surface area contributed by atoms with Crippen LogP contribution in [-0.4, -0.2) is 73.8 Å². The van der Waals surface area contributed by atoms with E-state index in [1.54, 1.807) is 13.2 Å². The van der Waals surface area contributed by atoms with Gasteiger partial charge in [-0.05, 0) is 69.3 Å². The lowest BCUT2D eigenvalue weighted by atomic mass is 10.1. The molecule has 164 valence electrons. The van der Waals surface area contributed by atoms with Gasteiger partial charge in [-0.25, -0.2) is 0 Å². The summed E-state index contributed by atoms with van der Waals surface area (Å²) in [6.07, 6.45) is 6.22. The van der Waals surface area contributed by atoms with E-state index < -0.39 is 0 Å². The van der Waals surface area contributed by atoms with E-state index in [0.29, 0.717) is 5.75 Å². The average molecular weight is 516 g/mol. The molecular formula is C22H37IN4O2. The first-order valence-electron chi connectivity index (χ1n) is 10.8. The lowest BCUT2D eigenvalue weighted by molar-refractivity contribution is 0.198. The number of aliphatic imine (C=N–C) groups is 1. The van der Waals surface area contributed by atoms with E-state index in [1.165, 1.54) is 45.3 Å². The number of rotatable bonds is 7. The summed E-state index contributed by atoms with van der Waals surface area (Å²) in [5, 5.41) is 13.2. The summed E-state index contributed by atoms with van der Waals surface area (Å²) in [6.45, 7) is 9.74. The summed E-state index contributed by atoms with van der Waals surface area (Å²) in [4.78, 5) is 9.94. The van der Waals surface area contributed by atoms with Crippen molar-refractivity contribution in [2.75, 3.05) is 52.9 Å². The van der Waals surface area contributed by atoms with Crippen LogP contribution in [0.5, 0.6) is 11.5 Å². The van der Waals surface area contributed by atoms with E-state index in [2.05, 4.69) is 22.0 Å². The lowest BCUT2D eigenvalue weighted by Gasteiger charge is -2.29. The molecule has 0 saturated carbocycles. The summed E-state index contributed by atoms with van der Waals surface area (Å²) in [7, 11) is 1.58. The minimum Gasteiger partial charge on any atom is -0.504 e. The first-order chi connectivity index (χ1) is 13.7. The number of guanidine groups is 1. The molecule has 2 aliphatic heterocycles. The minimum absolute atomic E-state index is 0. The number of benzene rings is 1. The molecule has 1 unspecified atom stereocenters. The van der Waals surface area contributed by atoms with Crippen LogP contribution in [0.1, 0.15) is 38.2 Å². The maximum absolute atomic E-state index is 9.73. The Morgan fingerprint density at radius 2 is 2.03 bits per heavy atom. The Morgan fingerprint density at radius 3 is 2.76 bits per heavy atom. The second kappa shape index (κ2) is 12.5. The monoisotopic (exact) mass is 516 g/mol. The van der Waals surface area contributed by atoms with Crippen molar-refractivity contribution in [1.29, 1.82) is 0 Å². The van der Waals surface area contributed by atoms with Crippen LogP contribution in [0, 0.1) is 5.92 Å². The van der Waals surface area contributed by atoms with Crippen molar-refractivity contribution in [3.63, 3.8) is 0 Å². The number of halogens is 1. The summed E-state index contributed by atoms with van der Waals surface area (Å²) >= 11 is 0. The fraction of sp³-hybridized carbons (Fsp3) is 0.682. The summed E-state index contributed by atoms with van der Waals surface area (Å²) in [6, 6.07) is 5.52. The number of nitrogens with one attached hydrogen (secondary N) is 1. The van der Waals surface area contributed by atoms with Crippen LogP contribution < -0.4 is 10.1 Å². The largest absolute Gasteiger partial charge is 0.504 e. The molecular weight excluding hydrogens is 479 g/mol. The van der Waals surface area contributed by atoms with Gasteiger partial charge in [-0.1, -0.05) is 12.5 Å². The summed E-state index contributed by atoms with van der Waals surface area (Å²) in [5.41, 5.74) is 1.12. The molecule has 2 fully saturated rings. The lowest BCUT2D eigenvalue weighted by Crippen LogP contribution is -2.41. The zero-order valence-corrected chi connectivity index (χ0v) is 20.2. The highest BCUT2D eigenvalue weighted by Crippen LogP contribution is 2.26. The zero-order chi connectivity index (χ0) is 19.8. The van der Waals surface area contributed by atoms with Crippen molar-refractivity contribution in [1.82, 2.24) is 15.1 Å². The predicted octanol–water partition coefficient (Wildman–Crippen LogP) is 3.33. The van der Waals surface area contributed by atoms with E-state index in [1.807, 2.05) is 12.1 Å². The highest BCUT2D eigenvalue weighted by molar-refractivity contribution is 14.0. The van der Waals surface area contributed by atoms with Crippen LogP contribution >= 0.6 is 24.0 Å². The molecule has 2 aliphatic rings. The smallest absolute Gasteiger partial charge is 0.193 e. The molecule has 7 heteroatoms. The molecule has 0 aromatic heterocycles. The van der Waals surface area contributed by atoms with E-state index in [4.69, 9.17) is 9.73 Å². The van der Waals surface area contributed by atoms with Gasteiger partial charge in [-0.2, -0.15) is 0 Å². The topological polar surface area (TPSA) is 60.3 Å². The standard InChI is InChI=1S/C22H36N4O2.HI/c1-3-23-22(24-11-9-18-7-8-20(27)21(15-18)28-2)26-14-10-19(17-26)16-25-12-5-4-6-13-25;/h7-8,15,19,27H,3-6,9-14,16-17H2,1-2H3,(H,23,24);1H. The quantitative estimate of drug-likeness (QED) is 0.331. The number of nitrogens with zero attached hydrogens (tertiary/aromatic N) is 3. The third-order valence-corrected chi connectivity index (χ3v) is 5.79. The van der Waals surface area contributed by atoms with Crippen LogP contribution in [0.25, 0.3) is 0 Å². The molecule has 2 N–H and O–H groups in total. The van der Waals surface area contributed by atoms with E-state index in [0.717, 1.165) is 50.0 Å². The van der Waals surface area contributed by atoms with Gasteiger partial charge >= 0.3 is 0 Å². The van der Waals surface area contributed by atoms with Crippen molar-refractivity contribution in [2.24, 2.45) is 10.9 Å². The van der Waals surface area contributed by atoms with Crippen LogP contribution in [0.3, 0.4) is 0 Å². The fourth-order valence-corrected chi connectivity index (χ4v) is 4.28. The zero-order valence-electron chi connectivity index (χ0n) is 17.9. The molecule has 0 spiro atoms. The van der Waals surface area contributed by atoms with Crippen molar-refractivity contribution < 1.29 is 9.84 Å². The molecule has 6 nitrogen and oxygen atoms in total. The molecule has 29 heavy (non-hydrogen) atoms. The molecule has 0 amide bonds. The maximum Gasteiger partial charge on any atom is 0.193 e. The van der Waals surface area contributed by atoms with Gasteiger partial charge in [0, 0.05) is 32.7 Å². The highest BCUT2D eigenvalue weighted by atomic mass is 127. The second-order valence-corrected chi connectivity index (χ2v) is 7.95. The van der Waals surface area contributed by atoms with Gasteiger partial charge in [0.05, 0.1) is 7.11 Å². The Hall–Kier alpha value is -1.22.